The number of halogens is 1. The Kier molecular flexibility index (Phi) is 5.95. The summed E-state index contributed by atoms with van der Waals surface area (Å²) in [6, 6.07) is 0.185. The zero-order valence-corrected chi connectivity index (χ0v) is 11.8. The lowest BCUT2D eigenvalue weighted by molar-refractivity contribution is 0.0994. The molecular formula is C12H22ClN3O. The van der Waals surface area contributed by atoms with Crippen molar-refractivity contribution < 1.29 is 4.74 Å². The molecule has 4 nitrogen and oxygen atoms in total. The molecule has 0 radical (unpaired) electrons. The minimum Gasteiger partial charge on any atom is -0.382 e. The second-order valence-electron chi connectivity index (χ2n) is 4.29. The summed E-state index contributed by atoms with van der Waals surface area (Å²) < 4.78 is 7.16. The van der Waals surface area contributed by atoms with Gasteiger partial charge in [-0.3, -0.25) is 4.68 Å². The molecule has 0 bridgehead atoms. The van der Waals surface area contributed by atoms with Crippen molar-refractivity contribution in [2.24, 2.45) is 7.05 Å². The van der Waals surface area contributed by atoms with Crippen LogP contribution in [-0.2, 0) is 11.8 Å². The quantitative estimate of drug-likeness (QED) is 0.818. The second kappa shape index (κ2) is 6.99. The third-order valence-corrected chi connectivity index (χ3v) is 3.17. The molecule has 2 atom stereocenters. The minimum atomic E-state index is 0.185. The number of nitrogens with one attached hydrogen (secondary N) is 1. The predicted octanol–water partition coefficient (Wildman–Crippen LogP) is 2.54. The highest BCUT2D eigenvalue weighted by atomic mass is 35.5. The van der Waals surface area contributed by atoms with Crippen LogP contribution in [0.2, 0.25) is 5.02 Å². The summed E-state index contributed by atoms with van der Waals surface area (Å²) in [7, 11) is 3.64. The van der Waals surface area contributed by atoms with E-state index in [1.165, 1.54) is 0 Å². The first-order valence-corrected chi connectivity index (χ1v) is 6.41. The fourth-order valence-corrected chi connectivity index (χ4v) is 2.15. The van der Waals surface area contributed by atoms with Crippen LogP contribution in [0.4, 0.5) is 0 Å². The molecule has 0 saturated carbocycles. The maximum Gasteiger partial charge on any atom is 0.0834 e. The molecule has 17 heavy (non-hydrogen) atoms. The number of aryl methyl sites for hydroxylation is 1. The van der Waals surface area contributed by atoms with Gasteiger partial charge in [-0.2, -0.15) is 5.10 Å². The van der Waals surface area contributed by atoms with Crippen LogP contribution in [0.5, 0.6) is 0 Å². The molecule has 0 spiro atoms. The van der Waals surface area contributed by atoms with Gasteiger partial charge in [0.25, 0.3) is 0 Å². The SMILES string of the molecule is CCCNC(CC(C)OC)c1c(Cl)cnn1C. The highest BCUT2D eigenvalue weighted by molar-refractivity contribution is 6.31. The van der Waals surface area contributed by atoms with Crippen molar-refractivity contribution in [2.75, 3.05) is 13.7 Å². The highest BCUT2D eigenvalue weighted by Gasteiger charge is 2.20. The Morgan fingerprint density at radius 1 is 1.59 bits per heavy atom. The van der Waals surface area contributed by atoms with Crippen LogP contribution >= 0.6 is 11.6 Å². The van der Waals surface area contributed by atoms with Gasteiger partial charge in [0.15, 0.2) is 0 Å². The molecular weight excluding hydrogens is 238 g/mol. The van der Waals surface area contributed by atoms with Crippen molar-refractivity contribution in [1.82, 2.24) is 15.1 Å². The van der Waals surface area contributed by atoms with E-state index in [1.54, 1.807) is 13.3 Å². The summed E-state index contributed by atoms with van der Waals surface area (Å²) in [5.41, 5.74) is 1.03. The van der Waals surface area contributed by atoms with Gasteiger partial charge in [0.05, 0.1) is 29.1 Å². The molecule has 1 rings (SSSR count). The maximum absolute atomic E-state index is 6.18. The number of nitrogens with zero attached hydrogens (tertiary/aromatic N) is 2. The summed E-state index contributed by atoms with van der Waals surface area (Å²) >= 11 is 6.18. The molecule has 0 amide bonds. The molecule has 1 heterocycles. The van der Waals surface area contributed by atoms with Crippen molar-refractivity contribution in [3.05, 3.63) is 16.9 Å². The second-order valence-corrected chi connectivity index (χ2v) is 4.70. The van der Waals surface area contributed by atoms with Gasteiger partial charge < -0.3 is 10.1 Å². The molecule has 0 aliphatic carbocycles. The van der Waals surface area contributed by atoms with Crippen LogP contribution in [0.3, 0.4) is 0 Å². The van der Waals surface area contributed by atoms with E-state index in [-0.39, 0.29) is 12.1 Å². The van der Waals surface area contributed by atoms with E-state index in [9.17, 15) is 0 Å². The van der Waals surface area contributed by atoms with E-state index < -0.39 is 0 Å². The third-order valence-electron chi connectivity index (χ3n) is 2.88. The molecule has 98 valence electrons. The first-order chi connectivity index (χ1) is 8.10. The molecule has 0 aliphatic heterocycles. The largest absolute Gasteiger partial charge is 0.382 e. The summed E-state index contributed by atoms with van der Waals surface area (Å²) in [6.45, 7) is 5.17. The number of hydrogen-bond donors (Lipinski definition) is 1. The number of ether oxygens (including phenoxy) is 1. The van der Waals surface area contributed by atoms with Crippen molar-refractivity contribution in [3.8, 4) is 0 Å². The standard InChI is InChI=1S/C12H22ClN3O/c1-5-6-14-11(7-9(2)17-4)12-10(13)8-15-16(12)3/h8-9,11,14H,5-7H2,1-4H3. The number of methoxy groups -OCH3 is 1. The molecule has 1 N–H and O–H groups in total. The molecule has 5 heteroatoms. The first kappa shape index (κ1) is 14.5. The molecule has 0 aromatic carbocycles. The summed E-state index contributed by atoms with van der Waals surface area (Å²) in [4.78, 5) is 0. The zero-order valence-electron chi connectivity index (χ0n) is 11.0. The maximum atomic E-state index is 6.18. The summed E-state index contributed by atoms with van der Waals surface area (Å²) in [5, 5.41) is 8.39. The van der Waals surface area contributed by atoms with E-state index in [2.05, 4.69) is 24.3 Å². The van der Waals surface area contributed by atoms with Crippen molar-refractivity contribution in [2.45, 2.75) is 38.8 Å². The minimum absolute atomic E-state index is 0.185. The molecule has 1 aromatic heterocycles. The monoisotopic (exact) mass is 259 g/mol. The van der Waals surface area contributed by atoms with Crippen LogP contribution in [0.1, 0.15) is 38.4 Å². The Hall–Kier alpha value is -0.580. The van der Waals surface area contributed by atoms with Crippen LogP contribution in [0.15, 0.2) is 6.20 Å². The Bertz CT molecular complexity index is 321. The van der Waals surface area contributed by atoms with Gasteiger partial charge in [-0.15, -0.1) is 0 Å². The fourth-order valence-electron chi connectivity index (χ4n) is 1.85. The van der Waals surface area contributed by atoms with Crippen LogP contribution in [0.25, 0.3) is 0 Å². The lowest BCUT2D eigenvalue weighted by Gasteiger charge is -2.22. The summed E-state index contributed by atoms with van der Waals surface area (Å²) in [5.74, 6) is 0. The Morgan fingerprint density at radius 3 is 2.76 bits per heavy atom. The van der Waals surface area contributed by atoms with E-state index in [1.807, 2.05) is 11.7 Å². The lowest BCUT2D eigenvalue weighted by atomic mass is 10.1. The Morgan fingerprint density at radius 2 is 2.29 bits per heavy atom. The topological polar surface area (TPSA) is 39.1 Å². The van der Waals surface area contributed by atoms with Crippen molar-refractivity contribution >= 4 is 11.6 Å². The number of hydrogen-bond acceptors (Lipinski definition) is 3. The van der Waals surface area contributed by atoms with Crippen LogP contribution in [-0.4, -0.2) is 29.5 Å². The third kappa shape index (κ3) is 3.98. The normalized spacial score (nSPS) is 14.9. The van der Waals surface area contributed by atoms with Gasteiger partial charge in [-0.25, -0.2) is 0 Å². The summed E-state index contributed by atoms with van der Waals surface area (Å²) in [6.07, 6.45) is 3.85. The average molecular weight is 260 g/mol. The van der Waals surface area contributed by atoms with Gasteiger partial charge >= 0.3 is 0 Å². The van der Waals surface area contributed by atoms with Gasteiger partial charge in [0.1, 0.15) is 0 Å². The average Bonchev–Trinajstić information content (AvgIpc) is 2.64. The van der Waals surface area contributed by atoms with Crippen LogP contribution in [0, 0.1) is 0 Å². The van der Waals surface area contributed by atoms with E-state index >= 15 is 0 Å². The Labute approximate surface area is 108 Å². The predicted molar refractivity (Wildman–Crippen MR) is 70.3 cm³/mol. The zero-order chi connectivity index (χ0) is 12.8. The smallest absolute Gasteiger partial charge is 0.0834 e. The molecule has 2 unspecified atom stereocenters. The van der Waals surface area contributed by atoms with Crippen LogP contribution < -0.4 is 5.32 Å². The van der Waals surface area contributed by atoms with Gasteiger partial charge in [-0.05, 0) is 26.3 Å². The lowest BCUT2D eigenvalue weighted by Crippen LogP contribution is -2.28. The van der Waals surface area contributed by atoms with Gasteiger partial charge in [0.2, 0.25) is 0 Å². The molecule has 0 saturated heterocycles. The molecule has 0 aliphatic rings. The van der Waals surface area contributed by atoms with E-state index in [0.717, 1.165) is 25.1 Å². The first-order valence-electron chi connectivity index (χ1n) is 6.03. The highest BCUT2D eigenvalue weighted by Crippen LogP contribution is 2.26. The van der Waals surface area contributed by atoms with E-state index in [4.69, 9.17) is 16.3 Å². The molecule has 1 aromatic rings. The van der Waals surface area contributed by atoms with Crippen molar-refractivity contribution in [1.29, 1.82) is 0 Å². The number of aromatic nitrogens is 2. The molecule has 0 fully saturated rings. The Balaban J connectivity index is 2.81. The van der Waals surface area contributed by atoms with Crippen molar-refractivity contribution in [3.63, 3.8) is 0 Å². The fraction of sp³-hybridized carbons (Fsp3) is 0.750. The van der Waals surface area contributed by atoms with Gasteiger partial charge in [0, 0.05) is 14.2 Å². The van der Waals surface area contributed by atoms with E-state index in [0.29, 0.717) is 5.02 Å². The number of rotatable bonds is 7. The van der Waals surface area contributed by atoms with Gasteiger partial charge in [-0.1, -0.05) is 18.5 Å².